The summed E-state index contributed by atoms with van der Waals surface area (Å²) in [5.74, 6) is 10.2. The summed E-state index contributed by atoms with van der Waals surface area (Å²) in [7, 11) is 10.5. The zero-order valence-electron chi connectivity index (χ0n) is 60.7. The van der Waals surface area contributed by atoms with Crippen molar-refractivity contribution in [3.8, 4) is 0 Å². The molecular formula is C73H155N9O3S2. The maximum Gasteiger partial charge on any atom is 0.150 e. The van der Waals surface area contributed by atoms with Crippen molar-refractivity contribution in [3.05, 3.63) is 0 Å². The number of piperazine rings is 1. The zero-order valence-corrected chi connectivity index (χ0v) is 62.4. The molecule has 13 rings (SSSR count). The van der Waals surface area contributed by atoms with Gasteiger partial charge in [0, 0.05) is 39.4 Å². The fraction of sp³-hybridized carbons (Fsp3) is 1.00. The van der Waals surface area contributed by atoms with Gasteiger partial charge in [0.05, 0.1) is 11.5 Å². The van der Waals surface area contributed by atoms with Crippen LogP contribution in [-0.4, -0.2) is 234 Å². The number of nitrogens with one attached hydrogen (secondary N) is 3. The van der Waals surface area contributed by atoms with Gasteiger partial charge in [-0.05, 0) is 296 Å². The van der Waals surface area contributed by atoms with Crippen LogP contribution in [0.15, 0.2) is 0 Å². The van der Waals surface area contributed by atoms with Crippen molar-refractivity contribution in [2.45, 2.75) is 235 Å². The Bertz CT molecular complexity index is 1300. The van der Waals surface area contributed by atoms with Gasteiger partial charge in [-0.15, -0.1) is 0 Å². The lowest BCUT2D eigenvalue weighted by atomic mass is 9.88. The van der Waals surface area contributed by atoms with Crippen molar-refractivity contribution in [3.63, 3.8) is 0 Å². The average molecular weight is 1270 g/mol. The quantitative estimate of drug-likeness (QED) is 0.215. The number of sulfone groups is 1. The van der Waals surface area contributed by atoms with E-state index in [4.69, 9.17) is 4.74 Å². The third-order valence-corrected chi connectivity index (χ3v) is 22.2. The Labute approximate surface area is 549 Å². The van der Waals surface area contributed by atoms with Crippen LogP contribution in [0.25, 0.3) is 0 Å². The number of piperidine rings is 3. The molecule has 0 spiro atoms. The zero-order chi connectivity index (χ0) is 64.0. The summed E-state index contributed by atoms with van der Waals surface area (Å²) in [6.07, 6.45) is 40.4. The second kappa shape index (κ2) is 58.5. The van der Waals surface area contributed by atoms with Crippen molar-refractivity contribution in [1.82, 2.24) is 45.3 Å². The molecule has 11 aliphatic heterocycles. The summed E-state index contributed by atoms with van der Waals surface area (Å²) in [5.41, 5.74) is 0. The van der Waals surface area contributed by atoms with Gasteiger partial charge in [0.15, 0.2) is 0 Å². The fourth-order valence-corrected chi connectivity index (χ4v) is 14.5. The monoisotopic (exact) mass is 1270 g/mol. The number of thioether (sulfide) groups is 1. The van der Waals surface area contributed by atoms with Gasteiger partial charge in [-0.1, -0.05) is 126 Å². The number of likely N-dealkylation sites (tertiary alicyclic amines) is 5. The Balaban J connectivity index is 0.000000472. The summed E-state index contributed by atoms with van der Waals surface area (Å²) >= 11 is 2.10. The molecule has 14 heteroatoms. The van der Waals surface area contributed by atoms with E-state index in [0.29, 0.717) is 17.4 Å². The van der Waals surface area contributed by atoms with Gasteiger partial charge >= 0.3 is 0 Å². The lowest BCUT2D eigenvalue weighted by Crippen LogP contribution is -2.40. The van der Waals surface area contributed by atoms with E-state index in [1.165, 1.54) is 290 Å². The van der Waals surface area contributed by atoms with Crippen LogP contribution in [0.2, 0.25) is 0 Å². The summed E-state index contributed by atoms with van der Waals surface area (Å²) in [6, 6.07) is 0. The minimum atomic E-state index is -2.62. The number of ether oxygens (including phenoxy) is 1. The highest BCUT2D eigenvalue weighted by atomic mass is 32.2. The van der Waals surface area contributed by atoms with Gasteiger partial charge in [0.1, 0.15) is 9.84 Å². The van der Waals surface area contributed by atoms with Crippen LogP contribution in [0.1, 0.15) is 235 Å². The van der Waals surface area contributed by atoms with Crippen LogP contribution in [-0.2, 0) is 14.6 Å². The lowest BCUT2D eigenvalue weighted by molar-refractivity contribution is 0.0716. The largest absolute Gasteiger partial charge is 0.381 e. The molecule has 522 valence electrons. The molecule has 0 radical (unpaired) electrons. The average Bonchev–Trinajstić information content (AvgIpc) is 3.94. The molecule has 2 aliphatic carbocycles. The summed E-state index contributed by atoms with van der Waals surface area (Å²) in [4.78, 5) is 14.2. The van der Waals surface area contributed by atoms with E-state index in [1.807, 2.05) is 0 Å². The van der Waals surface area contributed by atoms with Crippen LogP contribution >= 0.6 is 11.8 Å². The highest BCUT2D eigenvalue weighted by Gasteiger charge is 2.20. The molecule has 0 aromatic heterocycles. The number of hydrogen-bond donors (Lipinski definition) is 3. The Morgan fingerprint density at radius 2 is 0.621 bits per heavy atom. The predicted molar refractivity (Wildman–Crippen MR) is 388 cm³/mol. The van der Waals surface area contributed by atoms with E-state index in [2.05, 4.69) is 148 Å². The van der Waals surface area contributed by atoms with Crippen molar-refractivity contribution < 1.29 is 13.2 Å². The van der Waals surface area contributed by atoms with Gasteiger partial charge in [-0.2, -0.15) is 11.8 Å². The van der Waals surface area contributed by atoms with E-state index in [1.54, 1.807) is 0 Å². The minimum absolute atomic E-state index is 0.411. The van der Waals surface area contributed by atoms with Crippen LogP contribution in [0.3, 0.4) is 0 Å². The van der Waals surface area contributed by atoms with Gasteiger partial charge < -0.3 is 50.1 Å². The van der Waals surface area contributed by atoms with Crippen LogP contribution in [0, 0.1) is 41.4 Å². The molecule has 0 aromatic carbocycles. The molecule has 11 heterocycles. The van der Waals surface area contributed by atoms with E-state index in [0.717, 1.165) is 74.7 Å². The maximum atomic E-state index is 10.8. The smallest absolute Gasteiger partial charge is 0.150 e. The first-order chi connectivity index (χ1) is 41.8. The molecule has 0 aromatic rings. The van der Waals surface area contributed by atoms with Gasteiger partial charge in [0.2, 0.25) is 0 Å². The van der Waals surface area contributed by atoms with Crippen molar-refractivity contribution >= 4 is 21.6 Å². The molecule has 1 atom stereocenters. The molecule has 13 fully saturated rings. The molecule has 87 heavy (non-hydrogen) atoms. The molecule has 2 saturated carbocycles. The van der Waals surface area contributed by atoms with Crippen molar-refractivity contribution in [1.29, 1.82) is 0 Å². The van der Waals surface area contributed by atoms with Gasteiger partial charge in [-0.25, -0.2) is 8.42 Å². The predicted octanol–water partition coefficient (Wildman–Crippen LogP) is 14.3. The Morgan fingerprint density at radius 1 is 0.299 bits per heavy atom. The Morgan fingerprint density at radius 3 is 0.828 bits per heavy atom. The highest BCUT2D eigenvalue weighted by molar-refractivity contribution is 7.99. The first-order valence-corrected chi connectivity index (χ1v) is 40.4. The third kappa shape index (κ3) is 58.2. The number of nitrogens with zero attached hydrogens (tertiary/aromatic N) is 6. The SMILES string of the molecule is CC1CCC1.CC1CCCCC1.CC1CCOCC1.CC1CCS(=O)(=O)CC1.CC1CCSCC1.CC1CNC1.CN1CCC1.CN1CCCC1.CN1CCCCC1.CN1CCCCC1.CN1CCCCCC1.CN1CCNCC1.C[C@H]1CCCNC1. The van der Waals surface area contributed by atoms with Gasteiger partial charge in [-0.3, -0.25) is 0 Å². The first kappa shape index (κ1) is 84.9. The number of rotatable bonds is 0. The minimum Gasteiger partial charge on any atom is -0.381 e. The molecule has 0 unspecified atom stereocenters. The lowest BCUT2D eigenvalue weighted by Gasteiger charge is -2.24. The second-order valence-corrected chi connectivity index (χ2v) is 33.1. The van der Waals surface area contributed by atoms with E-state index in [9.17, 15) is 8.42 Å². The van der Waals surface area contributed by atoms with E-state index in [-0.39, 0.29) is 0 Å². The molecule has 12 nitrogen and oxygen atoms in total. The molecular weight excluding hydrogens is 1110 g/mol. The Kier molecular flexibility index (Phi) is 57.1. The third-order valence-electron chi connectivity index (χ3n) is 19.4. The molecule has 11 saturated heterocycles. The van der Waals surface area contributed by atoms with Crippen LogP contribution in [0.5, 0.6) is 0 Å². The van der Waals surface area contributed by atoms with Crippen LogP contribution < -0.4 is 16.0 Å². The Hall–Kier alpha value is -0.100. The molecule has 3 N–H and O–H groups in total. The normalized spacial score (nSPS) is 26.3. The fourth-order valence-electron chi connectivity index (χ4n) is 11.5. The maximum absolute atomic E-state index is 10.8. The molecule has 13 aliphatic rings. The van der Waals surface area contributed by atoms with E-state index < -0.39 is 9.84 Å². The number of likely N-dealkylation sites (N-methyl/N-ethyl adjacent to an activating group) is 1. The summed E-state index contributed by atoms with van der Waals surface area (Å²) in [5, 5.41) is 9.77. The topological polar surface area (TPSA) is 98.9 Å². The highest BCUT2D eigenvalue weighted by Crippen LogP contribution is 2.25. The standard InChI is InChI=1S/C7H15N.C7H14.3C6H13N.C6H12O2S.C6H12O.C6H12S.C5H12N2.C5H11N.C5H10.2C4H9N/c1-8-6-4-2-3-5-7-8;1-7-5-3-2-4-6-7;1-6-3-2-4-7-5-6;2*1-7-5-3-2-4-6-7;1-6-2-4-9(7,8)5-3-6;2*1-6-2-4-7-5-3-6;1-7-4-2-6-3-5-7;1-6-4-2-3-5-6;1-5-3-2-4-5;1-4-2-5-3-4;1-5-3-2-4-5/h2-7H2,1H3;7H,2-6H2,1H3;6-7H,2-5H2,1H3;2*2-6H2,1H3;6H,2-5H2,1H3;3*6H,2-5H2,1H3;2-5H2,1H3;5H,2-4H2,1H3;4-5H,2-3H2,1H3;2-4H2,1H3/t;;6-;;;;;;;;;;/m..0........../s1. The van der Waals surface area contributed by atoms with E-state index >= 15 is 0 Å². The van der Waals surface area contributed by atoms with Crippen molar-refractivity contribution in [2.24, 2.45) is 41.4 Å². The molecule has 0 amide bonds. The summed E-state index contributed by atoms with van der Waals surface area (Å²) < 4.78 is 26.7. The van der Waals surface area contributed by atoms with Crippen molar-refractivity contribution in [2.75, 3.05) is 196 Å². The molecule has 0 bridgehead atoms. The second-order valence-electron chi connectivity index (χ2n) is 29.6. The first-order valence-electron chi connectivity index (χ1n) is 37.4. The summed E-state index contributed by atoms with van der Waals surface area (Å²) in [6.45, 7) is 40.8. The van der Waals surface area contributed by atoms with Gasteiger partial charge in [0.25, 0.3) is 0 Å². The van der Waals surface area contributed by atoms with Crippen LogP contribution in [0.4, 0.5) is 0 Å². The number of hydrogen-bond acceptors (Lipinski definition) is 13.